The van der Waals surface area contributed by atoms with Crippen molar-refractivity contribution in [1.82, 2.24) is 4.90 Å². The van der Waals surface area contributed by atoms with Gasteiger partial charge in [0.2, 0.25) is 0 Å². The summed E-state index contributed by atoms with van der Waals surface area (Å²) in [5.41, 5.74) is 2.36. The molecule has 1 aliphatic heterocycles. The maximum atomic E-state index is 13.0. The van der Waals surface area contributed by atoms with Crippen LogP contribution < -0.4 is 4.90 Å². The Kier molecular flexibility index (Phi) is 8.63. The molecule has 5 nitrogen and oxygen atoms in total. The summed E-state index contributed by atoms with van der Waals surface area (Å²) in [7, 11) is -3.10. The van der Waals surface area contributed by atoms with Crippen molar-refractivity contribution in [1.29, 1.82) is 0 Å². The lowest BCUT2D eigenvalue weighted by molar-refractivity contribution is -0.123. The number of ketones is 1. The number of nitrogens with zero attached hydrogens (tertiary/aromatic N) is 2. The molecule has 0 unspecified atom stereocenters. The second-order valence-corrected chi connectivity index (χ2v) is 15.0. The lowest BCUT2D eigenvalue weighted by atomic mass is 9.79. The molecule has 0 spiro atoms. The third kappa shape index (κ3) is 6.88. The highest BCUT2D eigenvalue weighted by Crippen LogP contribution is 2.33. The quantitative estimate of drug-likeness (QED) is 0.508. The van der Waals surface area contributed by atoms with Crippen molar-refractivity contribution in [2.45, 2.75) is 95.8 Å². The van der Waals surface area contributed by atoms with Crippen LogP contribution in [0.1, 0.15) is 84.1 Å². The molecule has 0 bridgehead atoms. The van der Waals surface area contributed by atoms with Gasteiger partial charge in [-0.25, -0.2) is 8.42 Å². The van der Waals surface area contributed by atoms with Gasteiger partial charge in [0, 0.05) is 50.2 Å². The zero-order valence-corrected chi connectivity index (χ0v) is 23.0. The van der Waals surface area contributed by atoms with E-state index in [9.17, 15) is 13.2 Å². The molecule has 0 radical (unpaired) electrons. The number of rotatable bonds is 7. The molecule has 3 aliphatic rings. The van der Waals surface area contributed by atoms with E-state index in [-0.39, 0.29) is 17.6 Å². The van der Waals surface area contributed by atoms with E-state index in [1.54, 1.807) is 20.8 Å². The fourth-order valence-corrected chi connectivity index (χ4v) is 7.63. The molecule has 3 fully saturated rings. The summed E-state index contributed by atoms with van der Waals surface area (Å²) in [6.07, 6.45) is 10.8. The summed E-state index contributed by atoms with van der Waals surface area (Å²) in [6.45, 7) is 9.82. The van der Waals surface area contributed by atoms with E-state index in [1.807, 2.05) is 0 Å². The average Bonchev–Trinajstić information content (AvgIpc) is 2.85. The SMILES string of the molecule is CC(C)(C)S(=O)(=O)CC1CCC(C(=O)Cc2ccc(N3CCN(C4CCCCC4)CC3)cc2)CC1. The summed E-state index contributed by atoms with van der Waals surface area (Å²) >= 11 is 0. The Morgan fingerprint density at radius 1 is 0.857 bits per heavy atom. The first-order valence-electron chi connectivity index (χ1n) is 14.0. The Hall–Kier alpha value is -1.40. The van der Waals surface area contributed by atoms with Gasteiger partial charge < -0.3 is 4.90 Å². The average molecular weight is 503 g/mol. The summed E-state index contributed by atoms with van der Waals surface area (Å²) in [5, 5.41) is 0. The van der Waals surface area contributed by atoms with Gasteiger partial charge in [0.05, 0.1) is 10.5 Å². The first kappa shape index (κ1) is 26.7. The zero-order valence-electron chi connectivity index (χ0n) is 22.2. The Morgan fingerprint density at radius 3 is 2.03 bits per heavy atom. The van der Waals surface area contributed by atoms with Crippen LogP contribution in [0.2, 0.25) is 0 Å². The summed E-state index contributed by atoms with van der Waals surface area (Å²) in [6, 6.07) is 9.43. The number of benzene rings is 1. The van der Waals surface area contributed by atoms with E-state index < -0.39 is 14.6 Å². The molecule has 35 heavy (non-hydrogen) atoms. The van der Waals surface area contributed by atoms with Gasteiger partial charge in [0.1, 0.15) is 5.78 Å². The van der Waals surface area contributed by atoms with Gasteiger partial charge >= 0.3 is 0 Å². The number of hydrogen-bond acceptors (Lipinski definition) is 5. The molecular weight excluding hydrogens is 456 g/mol. The Morgan fingerprint density at radius 2 is 1.46 bits per heavy atom. The van der Waals surface area contributed by atoms with Gasteiger partial charge in [-0.1, -0.05) is 31.4 Å². The first-order chi connectivity index (χ1) is 16.6. The van der Waals surface area contributed by atoms with Crippen LogP contribution in [0.25, 0.3) is 0 Å². The molecule has 6 heteroatoms. The number of carbonyl (C=O) groups is 1. The molecule has 0 amide bonds. The Labute approximate surface area is 213 Å². The summed E-state index contributed by atoms with van der Waals surface area (Å²) < 4.78 is 24.4. The number of carbonyl (C=O) groups excluding carboxylic acids is 1. The van der Waals surface area contributed by atoms with Crippen LogP contribution in [0.15, 0.2) is 24.3 Å². The fourth-order valence-electron chi connectivity index (χ4n) is 6.17. The van der Waals surface area contributed by atoms with Crippen LogP contribution >= 0.6 is 0 Å². The molecule has 0 atom stereocenters. The topological polar surface area (TPSA) is 57.7 Å². The van der Waals surface area contributed by atoms with Gasteiger partial charge in [0.15, 0.2) is 9.84 Å². The fraction of sp³-hybridized carbons (Fsp3) is 0.759. The minimum atomic E-state index is -3.10. The molecule has 1 aromatic rings. The van der Waals surface area contributed by atoms with Crippen LogP contribution in [0.4, 0.5) is 5.69 Å². The van der Waals surface area contributed by atoms with Gasteiger partial charge in [0.25, 0.3) is 0 Å². The van der Waals surface area contributed by atoms with Crippen molar-refractivity contribution in [3.63, 3.8) is 0 Å². The zero-order chi connectivity index (χ0) is 25.1. The van der Waals surface area contributed by atoms with Gasteiger partial charge in [-0.15, -0.1) is 0 Å². The normalized spacial score (nSPS) is 25.5. The number of piperazine rings is 1. The van der Waals surface area contributed by atoms with E-state index >= 15 is 0 Å². The van der Waals surface area contributed by atoms with Crippen molar-refractivity contribution < 1.29 is 13.2 Å². The summed E-state index contributed by atoms with van der Waals surface area (Å²) in [4.78, 5) is 18.1. The monoisotopic (exact) mass is 502 g/mol. The maximum Gasteiger partial charge on any atom is 0.155 e. The molecule has 1 saturated heterocycles. The first-order valence-corrected chi connectivity index (χ1v) is 15.6. The van der Waals surface area contributed by atoms with Gasteiger partial charge in [-0.3, -0.25) is 9.69 Å². The number of Topliss-reactive ketones (excluding diaryl/α,β-unsaturated/α-hetero) is 1. The third-order valence-corrected chi connectivity index (χ3v) is 11.6. The maximum absolute atomic E-state index is 13.0. The third-order valence-electron chi connectivity index (χ3n) is 8.78. The van der Waals surface area contributed by atoms with Crippen molar-refractivity contribution in [2.75, 3.05) is 36.8 Å². The second kappa shape index (κ2) is 11.3. The minimum absolute atomic E-state index is 0.0798. The molecule has 1 aromatic carbocycles. The lowest BCUT2D eigenvalue weighted by Gasteiger charge is -2.41. The lowest BCUT2D eigenvalue weighted by Crippen LogP contribution is -2.50. The molecule has 2 aliphatic carbocycles. The second-order valence-electron chi connectivity index (χ2n) is 12.2. The minimum Gasteiger partial charge on any atom is -0.369 e. The molecular formula is C29H46N2O3S. The van der Waals surface area contributed by atoms with Gasteiger partial charge in [-0.05, 0) is 82.9 Å². The van der Waals surface area contributed by atoms with Crippen LogP contribution in [0.5, 0.6) is 0 Å². The van der Waals surface area contributed by atoms with Gasteiger partial charge in [-0.2, -0.15) is 0 Å². The van der Waals surface area contributed by atoms with E-state index in [2.05, 4.69) is 34.1 Å². The highest BCUT2D eigenvalue weighted by molar-refractivity contribution is 7.92. The van der Waals surface area contributed by atoms with E-state index in [0.29, 0.717) is 12.2 Å². The van der Waals surface area contributed by atoms with Crippen LogP contribution in [-0.4, -0.2) is 61.8 Å². The van der Waals surface area contributed by atoms with Crippen molar-refractivity contribution in [3.8, 4) is 0 Å². The summed E-state index contributed by atoms with van der Waals surface area (Å²) in [5.74, 6) is 0.849. The van der Waals surface area contributed by atoms with E-state index in [1.165, 1.54) is 37.8 Å². The van der Waals surface area contributed by atoms with Crippen molar-refractivity contribution in [2.24, 2.45) is 11.8 Å². The number of anilines is 1. The number of hydrogen-bond donors (Lipinski definition) is 0. The molecule has 196 valence electrons. The molecule has 0 N–H and O–H groups in total. The van der Waals surface area contributed by atoms with Crippen LogP contribution in [0.3, 0.4) is 0 Å². The largest absolute Gasteiger partial charge is 0.369 e. The van der Waals surface area contributed by atoms with Crippen molar-refractivity contribution in [3.05, 3.63) is 29.8 Å². The Balaban J connectivity index is 1.22. The van der Waals surface area contributed by atoms with Crippen LogP contribution in [-0.2, 0) is 21.1 Å². The van der Waals surface area contributed by atoms with Crippen LogP contribution in [0, 0.1) is 11.8 Å². The van der Waals surface area contributed by atoms with Crippen molar-refractivity contribution >= 4 is 21.3 Å². The molecule has 4 rings (SSSR count). The number of sulfone groups is 1. The smallest absolute Gasteiger partial charge is 0.155 e. The van der Waals surface area contributed by atoms with E-state index in [0.717, 1.165) is 63.5 Å². The molecule has 2 saturated carbocycles. The highest BCUT2D eigenvalue weighted by Gasteiger charge is 2.34. The molecule has 0 aromatic heterocycles. The predicted octanol–water partition coefficient (Wildman–Crippen LogP) is 5.27. The predicted molar refractivity (Wildman–Crippen MR) is 145 cm³/mol. The Bertz CT molecular complexity index is 929. The van der Waals surface area contributed by atoms with E-state index in [4.69, 9.17) is 0 Å². The molecule has 1 heterocycles. The highest BCUT2D eigenvalue weighted by atomic mass is 32.2. The standard InChI is InChI=1S/C29H46N2O3S/c1-29(2,3)35(33,34)22-24-9-13-25(14-10-24)28(32)21-23-11-15-27(16-12-23)31-19-17-30(18-20-31)26-7-5-4-6-8-26/h11-12,15-16,24-26H,4-10,13-14,17-22H2,1-3H3.